The van der Waals surface area contributed by atoms with Gasteiger partial charge in [-0.1, -0.05) is 6.92 Å². The van der Waals surface area contributed by atoms with Gasteiger partial charge in [-0.25, -0.2) is 18.4 Å². The normalized spacial score (nSPS) is 13.6. The molecule has 0 fully saturated rings. The minimum atomic E-state index is -2.87. The average Bonchev–Trinajstić information content (AvgIpc) is 2.31. The van der Waals surface area contributed by atoms with E-state index in [4.69, 9.17) is 4.74 Å². The maximum Gasteiger partial charge on any atom is 0.408 e. The third kappa shape index (κ3) is 7.91. The van der Waals surface area contributed by atoms with Gasteiger partial charge in [0.05, 0.1) is 7.11 Å². The van der Waals surface area contributed by atoms with Crippen LogP contribution in [0.3, 0.4) is 0 Å². The lowest BCUT2D eigenvalue weighted by atomic mass is 10.1. The molecule has 1 atom stereocenters. The second kappa shape index (κ2) is 7.40. The first-order valence-electron chi connectivity index (χ1n) is 6.46. The van der Waals surface area contributed by atoms with Crippen molar-refractivity contribution in [2.75, 3.05) is 7.11 Å². The maximum atomic E-state index is 13.2. The monoisotopic (exact) mass is 295 g/mol. The van der Waals surface area contributed by atoms with Crippen LogP contribution in [0.15, 0.2) is 0 Å². The quantitative estimate of drug-likeness (QED) is 0.765. The summed E-state index contributed by atoms with van der Waals surface area (Å²) in [6.07, 6.45) is -1.90. The number of carbonyl (C=O) groups is 2. The van der Waals surface area contributed by atoms with Gasteiger partial charge in [-0.3, -0.25) is 0 Å². The van der Waals surface area contributed by atoms with E-state index in [0.29, 0.717) is 0 Å². The Bertz CT molecular complexity index is 340. The molecule has 1 unspecified atom stereocenters. The van der Waals surface area contributed by atoms with Gasteiger partial charge in [0.1, 0.15) is 11.6 Å². The van der Waals surface area contributed by atoms with Crippen LogP contribution in [-0.4, -0.2) is 36.7 Å². The van der Waals surface area contributed by atoms with Crippen LogP contribution in [0.4, 0.5) is 13.6 Å². The van der Waals surface area contributed by atoms with E-state index in [2.05, 4.69) is 10.1 Å². The van der Waals surface area contributed by atoms with E-state index >= 15 is 0 Å². The minimum Gasteiger partial charge on any atom is -0.467 e. The molecule has 0 aliphatic carbocycles. The molecule has 0 aromatic heterocycles. The van der Waals surface area contributed by atoms with Crippen molar-refractivity contribution in [3.8, 4) is 0 Å². The zero-order chi connectivity index (χ0) is 16.0. The number of halogens is 2. The number of carbonyl (C=O) groups excluding carboxylic acids is 2. The molecule has 5 nitrogen and oxygen atoms in total. The van der Waals surface area contributed by atoms with Crippen LogP contribution in [0.2, 0.25) is 0 Å². The van der Waals surface area contributed by atoms with Crippen molar-refractivity contribution in [2.24, 2.45) is 0 Å². The van der Waals surface area contributed by atoms with Crippen LogP contribution in [0, 0.1) is 0 Å². The van der Waals surface area contributed by atoms with Gasteiger partial charge < -0.3 is 14.8 Å². The van der Waals surface area contributed by atoms with E-state index in [0.717, 1.165) is 7.11 Å². The maximum absolute atomic E-state index is 13.2. The van der Waals surface area contributed by atoms with Crippen molar-refractivity contribution in [3.63, 3.8) is 0 Å². The van der Waals surface area contributed by atoms with Gasteiger partial charge in [0.25, 0.3) is 0 Å². The van der Waals surface area contributed by atoms with E-state index in [-0.39, 0.29) is 12.8 Å². The van der Waals surface area contributed by atoms with Crippen LogP contribution >= 0.6 is 0 Å². The van der Waals surface area contributed by atoms with Crippen molar-refractivity contribution in [2.45, 2.75) is 64.5 Å². The Hall–Kier alpha value is -1.40. The molecule has 1 amide bonds. The molecule has 0 rings (SSSR count). The van der Waals surface area contributed by atoms with Crippen LogP contribution in [0.1, 0.15) is 47.0 Å². The predicted octanol–water partition coefficient (Wildman–Crippen LogP) is 2.88. The van der Waals surface area contributed by atoms with Crippen molar-refractivity contribution >= 4 is 12.1 Å². The molecule has 0 saturated heterocycles. The lowest BCUT2D eigenvalue weighted by Gasteiger charge is -2.23. The Labute approximate surface area is 118 Å². The molecule has 0 radical (unpaired) electrons. The highest BCUT2D eigenvalue weighted by atomic mass is 19.3. The number of hydrogen-bond acceptors (Lipinski definition) is 4. The van der Waals surface area contributed by atoms with Gasteiger partial charge in [-0.05, 0) is 27.2 Å². The summed E-state index contributed by atoms with van der Waals surface area (Å²) >= 11 is 0. The summed E-state index contributed by atoms with van der Waals surface area (Å²) in [5.41, 5.74) is -0.738. The third-order valence-electron chi connectivity index (χ3n) is 2.49. The number of esters is 1. The summed E-state index contributed by atoms with van der Waals surface area (Å²) in [6.45, 7) is 6.33. The summed E-state index contributed by atoms with van der Waals surface area (Å²) < 4.78 is 35.9. The topological polar surface area (TPSA) is 64.6 Å². The van der Waals surface area contributed by atoms with Gasteiger partial charge in [0.15, 0.2) is 0 Å². The van der Waals surface area contributed by atoms with E-state index in [9.17, 15) is 18.4 Å². The van der Waals surface area contributed by atoms with Crippen LogP contribution in [0.25, 0.3) is 0 Å². The molecule has 0 aliphatic heterocycles. The fourth-order valence-electron chi connectivity index (χ4n) is 1.37. The number of alkyl carbamates (subject to hydrolysis) is 1. The second-order valence-electron chi connectivity index (χ2n) is 5.47. The lowest BCUT2D eigenvalue weighted by molar-refractivity contribution is -0.143. The molecule has 118 valence electrons. The summed E-state index contributed by atoms with van der Waals surface area (Å²) in [6, 6.07) is -1.15. The Morgan fingerprint density at radius 1 is 1.25 bits per heavy atom. The predicted molar refractivity (Wildman–Crippen MR) is 69.6 cm³/mol. The zero-order valence-corrected chi connectivity index (χ0v) is 12.6. The highest BCUT2D eigenvalue weighted by molar-refractivity contribution is 5.81. The zero-order valence-electron chi connectivity index (χ0n) is 12.6. The number of nitrogens with one attached hydrogen (secondary N) is 1. The summed E-state index contributed by atoms with van der Waals surface area (Å²) in [5.74, 6) is -3.65. The largest absolute Gasteiger partial charge is 0.467 e. The van der Waals surface area contributed by atoms with E-state index in [1.165, 1.54) is 6.92 Å². The Morgan fingerprint density at radius 3 is 2.20 bits per heavy atom. The molecule has 0 bridgehead atoms. The Kier molecular flexibility index (Phi) is 6.88. The molecular weight excluding hydrogens is 272 g/mol. The van der Waals surface area contributed by atoms with Crippen LogP contribution < -0.4 is 5.32 Å². The standard InChI is InChI=1S/C13H23F2NO4/c1-6-13(14,15)8-7-9(10(17)19-5)16-11(18)20-12(2,3)4/h9H,6-8H2,1-5H3,(H,16,18). The third-order valence-corrected chi connectivity index (χ3v) is 2.49. The van der Waals surface area contributed by atoms with Gasteiger partial charge in [0, 0.05) is 12.8 Å². The van der Waals surface area contributed by atoms with Gasteiger partial charge >= 0.3 is 12.1 Å². The molecule has 20 heavy (non-hydrogen) atoms. The van der Waals surface area contributed by atoms with Gasteiger partial charge in [-0.2, -0.15) is 0 Å². The van der Waals surface area contributed by atoms with Gasteiger partial charge in [-0.15, -0.1) is 0 Å². The molecule has 0 aromatic carbocycles. The minimum absolute atomic E-state index is 0.216. The van der Waals surface area contributed by atoms with E-state index in [1.54, 1.807) is 20.8 Å². The smallest absolute Gasteiger partial charge is 0.408 e. The molecule has 1 N–H and O–H groups in total. The molecule has 7 heteroatoms. The van der Waals surface area contributed by atoms with Crippen LogP contribution in [0.5, 0.6) is 0 Å². The lowest BCUT2D eigenvalue weighted by Crippen LogP contribution is -2.44. The number of methoxy groups -OCH3 is 1. The molecule has 0 saturated carbocycles. The van der Waals surface area contributed by atoms with E-state index < -0.39 is 36.0 Å². The number of amides is 1. The molecule has 0 aromatic rings. The first-order chi connectivity index (χ1) is 9.00. The summed E-state index contributed by atoms with van der Waals surface area (Å²) in [5, 5.41) is 2.25. The fraction of sp³-hybridized carbons (Fsp3) is 0.846. The number of rotatable bonds is 6. The number of ether oxygens (including phenoxy) is 2. The van der Waals surface area contributed by atoms with Crippen molar-refractivity contribution < 1.29 is 27.8 Å². The highest BCUT2D eigenvalue weighted by Gasteiger charge is 2.31. The summed E-state index contributed by atoms with van der Waals surface area (Å²) in [7, 11) is 1.13. The molecule has 0 heterocycles. The fourth-order valence-corrected chi connectivity index (χ4v) is 1.37. The second-order valence-corrected chi connectivity index (χ2v) is 5.47. The van der Waals surface area contributed by atoms with Crippen molar-refractivity contribution in [1.82, 2.24) is 5.32 Å². The van der Waals surface area contributed by atoms with Gasteiger partial charge in [0.2, 0.25) is 5.92 Å². The van der Waals surface area contributed by atoms with Crippen molar-refractivity contribution in [3.05, 3.63) is 0 Å². The molecule has 0 aliphatic rings. The number of alkyl halides is 2. The average molecular weight is 295 g/mol. The molecule has 0 spiro atoms. The van der Waals surface area contributed by atoms with E-state index in [1.807, 2.05) is 0 Å². The first kappa shape index (κ1) is 18.6. The highest BCUT2D eigenvalue weighted by Crippen LogP contribution is 2.25. The summed E-state index contributed by atoms with van der Waals surface area (Å²) in [4.78, 5) is 23.0. The Morgan fingerprint density at radius 2 is 1.80 bits per heavy atom. The first-order valence-corrected chi connectivity index (χ1v) is 6.46. The Balaban J connectivity index is 4.59. The number of hydrogen-bond donors (Lipinski definition) is 1. The van der Waals surface area contributed by atoms with Crippen molar-refractivity contribution in [1.29, 1.82) is 0 Å². The van der Waals surface area contributed by atoms with Crippen LogP contribution in [-0.2, 0) is 14.3 Å². The SMILES string of the molecule is CCC(F)(F)CCC(NC(=O)OC(C)(C)C)C(=O)OC. The molecular formula is C13H23F2NO4.